The number of anilines is 1. The normalized spacial score (nSPS) is 13.2. The van der Waals surface area contributed by atoms with Gasteiger partial charge in [0.05, 0.1) is 33.9 Å². The number of imide groups is 1. The Balaban J connectivity index is 1.44. The van der Waals surface area contributed by atoms with Crippen molar-refractivity contribution >= 4 is 17.5 Å². The van der Waals surface area contributed by atoms with Crippen molar-refractivity contribution in [3.63, 3.8) is 0 Å². The van der Waals surface area contributed by atoms with E-state index in [0.29, 0.717) is 16.8 Å². The zero-order valence-corrected chi connectivity index (χ0v) is 15.9. The maximum Gasteiger partial charge on any atom is 0.266 e. The van der Waals surface area contributed by atoms with Gasteiger partial charge in [-0.05, 0) is 49.4 Å². The molecule has 4 aromatic rings. The van der Waals surface area contributed by atoms with Crippen molar-refractivity contribution in [3.05, 3.63) is 83.8 Å². The SMILES string of the molecule is Cc1nn(C)cc1-c1ccn(-c2ccc(N3C(=O)c4ccccc4C3=O)cc2)n1. The van der Waals surface area contributed by atoms with Gasteiger partial charge in [-0.1, -0.05) is 12.1 Å². The molecule has 0 atom stereocenters. The molecule has 2 aromatic heterocycles. The van der Waals surface area contributed by atoms with E-state index in [1.54, 1.807) is 45.8 Å². The summed E-state index contributed by atoms with van der Waals surface area (Å²) in [6, 6.07) is 16.0. The van der Waals surface area contributed by atoms with Gasteiger partial charge < -0.3 is 0 Å². The zero-order chi connectivity index (χ0) is 20.1. The average molecular weight is 383 g/mol. The highest BCUT2D eigenvalue weighted by Crippen LogP contribution is 2.29. The van der Waals surface area contributed by atoms with E-state index in [9.17, 15) is 9.59 Å². The maximum absolute atomic E-state index is 12.6. The first-order valence-corrected chi connectivity index (χ1v) is 9.17. The Morgan fingerprint density at radius 1 is 0.759 bits per heavy atom. The summed E-state index contributed by atoms with van der Waals surface area (Å²) in [7, 11) is 1.88. The third kappa shape index (κ3) is 2.67. The van der Waals surface area contributed by atoms with Gasteiger partial charge in [-0.2, -0.15) is 10.2 Å². The number of nitrogens with zero attached hydrogens (tertiary/aromatic N) is 5. The van der Waals surface area contributed by atoms with Crippen LogP contribution >= 0.6 is 0 Å². The van der Waals surface area contributed by atoms with Crippen molar-refractivity contribution < 1.29 is 9.59 Å². The second kappa shape index (κ2) is 6.27. The molecular formula is C22H17N5O2. The molecule has 7 heteroatoms. The van der Waals surface area contributed by atoms with E-state index < -0.39 is 0 Å². The average Bonchev–Trinajstić information content (AvgIpc) is 3.40. The van der Waals surface area contributed by atoms with Crippen LogP contribution in [0.1, 0.15) is 26.4 Å². The van der Waals surface area contributed by atoms with Crippen molar-refractivity contribution in [1.82, 2.24) is 19.6 Å². The fourth-order valence-corrected chi connectivity index (χ4v) is 3.64. The van der Waals surface area contributed by atoms with E-state index in [4.69, 9.17) is 0 Å². The lowest BCUT2D eigenvalue weighted by Crippen LogP contribution is -2.29. The Kier molecular flexibility index (Phi) is 3.70. The van der Waals surface area contributed by atoms with Gasteiger partial charge in [0.1, 0.15) is 0 Å². The van der Waals surface area contributed by atoms with E-state index in [1.807, 2.05) is 44.6 Å². The van der Waals surface area contributed by atoms with Crippen LogP contribution in [0.25, 0.3) is 16.9 Å². The smallest absolute Gasteiger partial charge is 0.266 e. The summed E-state index contributed by atoms with van der Waals surface area (Å²) in [6.45, 7) is 1.95. The zero-order valence-electron chi connectivity index (χ0n) is 15.9. The molecule has 0 spiro atoms. The topological polar surface area (TPSA) is 73.0 Å². The first-order chi connectivity index (χ1) is 14.0. The van der Waals surface area contributed by atoms with Crippen LogP contribution in [0.4, 0.5) is 5.69 Å². The molecule has 0 N–H and O–H groups in total. The van der Waals surface area contributed by atoms with Crippen LogP contribution in [-0.4, -0.2) is 31.4 Å². The van der Waals surface area contributed by atoms with Crippen molar-refractivity contribution in [2.24, 2.45) is 7.05 Å². The quantitative estimate of drug-likeness (QED) is 0.509. The number of aryl methyl sites for hydroxylation is 2. The molecule has 7 nitrogen and oxygen atoms in total. The highest BCUT2D eigenvalue weighted by Gasteiger charge is 2.36. The number of benzene rings is 2. The molecule has 0 bridgehead atoms. The molecule has 3 heterocycles. The standard InChI is InChI=1S/C22H17N5O2/c1-14-19(13-25(2)23-14)20-11-12-26(24-20)15-7-9-16(10-8-15)27-21(28)17-5-3-4-6-18(17)22(27)29/h3-13H,1-2H3. The molecule has 0 unspecified atom stereocenters. The molecule has 1 aliphatic heterocycles. The summed E-state index contributed by atoms with van der Waals surface area (Å²) in [4.78, 5) is 26.5. The number of carbonyl (C=O) groups is 2. The monoisotopic (exact) mass is 383 g/mol. The van der Waals surface area contributed by atoms with Crippen molar-refractivity contribution in [2.75, 3.05) is 4.90 Å². The molecule has 29 heavy (non-hydrogen) atoms. The fourth-order valence-electron chi connectivity index (χ4n) is 3.64. The van der Waals surface area contributed by atoms with Gasteiger partial charge in [-0.3, -0.25) is 14.3 Å². The molecule has 2 amide bonds. The van der Waals surface area contributed by atoms with Gasteiger partial charge in [0.25, 0.3) is 11.8 Å². The van der Waals surface area contributed by atoms with Crippen LogP contribution in [0.2, 0.25) is 0 Å². The minimum absolute atomic E-state index is 0.299. The second-order valence-corrected chi connectivity index (χ2v) is 6.96. The second-order valence-electron chi connectivity index (χ2n) is 6.96. The minimum Gasteiger partial charge on any atom is -0.275 e. The predicted molar refractivity (Wildman–Crippen MR) is 108 cm³/mol. The first kappa shape index (κ1) is 17.1. The lowest BCUT2D eigenvalue weighted by Gasteiger charge is -2.14. The van der Waals surface area contributed by atoms with E-state index in [1.165, 1.54) is 4.90 Å². The van der Waals surface area contributed by atoms with Gasteiger partial charge in [0.2, 0.25) is 0 Å². The highest BCUT2D eigenvalue weighted by molar-refractivity contribution is 6.34. The molecule has 0 saturated heterocycles. The Morgan fingerprint density at radius 2 is 1.38 bits per heavy atom. The fraction of sp³-hybridized carbons (Fsp3) is 0.0909. The summed E-state index contributed by atoms with van der Waals surface area (Å²) in [5, 5.41) is 8.98. The molecule has 0 radical (unpaired) electrons. The van der Waals surface area contributed by atoms with Crippen molar-refractivity contribution in [2.45, 2.75) is 6.92 Å². The Labute approximate surface area is 166 Å². The van der Waals surface area contributed by atoms with Gasteiger partial charge in [0.15, 0.2) is 0 Å². The lowest BCUT2D eigenvalue weighted by atomic mass is 10.1. The number of hydrogen-bond acceptors (Lipinski definition) is 4. The largest absolute Gasteiger partial charge is 0.275 e. The van der Waals surface area contributed by atoms with Crippen LogP contribution < -0.4 is 4.90 Å². The number of hydrogen-bond donors (Lipinski definition) is 0. The lowest BCUT2D eigenvalue weighted by molar-refractivity contribution is 0.0926. The van der Waals surface area contributed by atoms with Crippen LogP contribution in [0.5, 0.6) is 0 Å². The number of carbonyl (C=O) groups excluding carboxylic acids is 2. The van der Waals surface area contributed by atoms with E-state index in [0.717, 1.165) is 22.6 Å². The van der Waals surface area contributed by atoms with Gasteiger partial charge >= 0.3 is 0 Å². The summed E-state index contributed by atoms with van der Waals surface area (Å²) >= 11 is 0. The number of rotatable bonds is 3. The Morgan fingerprint density at radius 3 is 1.97 bits per heavy atom. The highest BCUT2D eigenvalue weighted by atomic mass is 16.2. The van der Waals surface area contributed by atoms with Crippen LogP contribution in [0.15, 0.2) is 67.0 Å². The molecule has 0 aliphatic carbocycles. The molecule has 0 fully saturated rings. The number of fused-ring (bicyclic) bond motifs is 1. The van der Waals surface area contributed by atoms with Crippen LogP contribution in [-0.2, 0) is 7.05 Å². The molecule has 0 saturated carbocycles. The third-order valence-electron chi connectivity index (χ3n) is 5.05. The third-order valence-corrected chi connectivity index (χ3v) is 5.05. The summed E-state index contributed by atoms with van der Waals surface area (Å²) in [5.74, 6) is -0.599. The van der Waals surface area contributed by atoms with Gasteiger partial charge in [0, 0.05) is 25.0 Å². The molecule has 142 valence electrons. The Bertz CT molecular complexity index is 1230. The predicted octanol–water partition coefficient (Wildman–Crippen LogP) is 3.38. The minimum atomic E-state index is -0.299. The Hall–Kier alpha value is -4.00. The number of amides is 2. The van der Waals surface area contributed by atoms with Gasteiger partial charge in [-0.25, -0.2) is 9.58 Å². The van der Waals surface area contributed by atoms with Gasteiger partial charge in [-0.15, -0.1) is 0 Å². The summed E-state index contributed by atoms with van der Waals surface area (Å²) in [5.41, 5.74) is 4.97. The van der Waals surface area contributed by atoms with E-state index in [2.05, 4.69) is 10.2 Å². The van der Waals surface area contributed by atoms with Crippen LogP contribution in [0.3, 0.4) is 0 Å². The summed E-state index contributed by atoms with van der Waals surface area (Å²) in [6.07, 6.45) is 3.81. The van der Waals surface area contributed by atoms with Crippen molar-refractivity contribution in [3.8, 4) is 16.9 Å². The maximum atomic E-state index is 12.6. The van der Waals surface area contributed by atoms with E-state index in [-0.39, 0.29) is 11.8 Å². The molecular weight excluding hydrogens is 366 g/mol. The molecule has 2 aromatic carbocycles. The molecule has 5 rings (SSSR count). The molecule has 1 aliphatic rings. The van der Waals surface area contributed by atoms with E-state index >= 15 is 0 Å². The van der Waals surface area contributed by atoms with Crippen molar-refractivity contribution in [1.29, 1.82) is 0 Å². The van der Waals surface area contributed by atoms with Crippen LogP contribution in [0, 0.1) is 6.92 Å². The summed E-state index contributed by atoms with van der Waals surface area (Å²) < 4.78 is 3.52. The first-order valence-electron chi connectivity index (χ1n) is 9.17. The number of aromatic nitrogens is 4.